The van der Waals surface area contributed by atoms with Crippen molar-refractivity contribution in [3.63, 3.8) is 0 Å². The van der Waals surface area contributed by atoms with E-state index in [0.717, 1.165) is 12.6 Å². The van der Waals surface area contributed by atoms with Crippen LogP contribution < -0.4 is 11.1 Å². The highest BCUT2D eigenvalue weighted by molar-refractivity contribution is 5.92. The fourth-order valence-corrected chi connectivity index (χ4v) is 1.25. The summed E-state index contributed by atoms with van der Waals surface area (Å²) in [7, 11) is 0. The van der Waals surface area contributed by atoms with E-state index in [1.807, 2.05) is 6.92 Å². The van der Waals surface area contributed by atoms with E-state index < -0.39 is 5.82 Å². The molecule has 0 radical (unpaired) electrons. The predicted molar refractivity (Wildman–Crippen MR) is 59.4 cm³/mol. The lowest BCUT2D eigenvalue weighted by atomic mass is 10.1. The highest BCUT2D eigenvalue weighted by Gasteiger charge is 2.08. The number of nitrogens with one attached hydrogen (secondary N) is 1. The molecule has 1 aromatic heterocycles. The third-order valence-electron chi connectivity index (χ3n) is 2.23. The Morgan fingerprint density at radius 1 is 1.62 bits per heavy atom. The first-order valence-corrected chi connectivity index (χ1v) is 5.23. The zero-order valence-corrected chi connectivity index (χ0v) is 9.24. The van der Waals surface area contributed by atoms with Crippen LogP contribution in [0.4, 0.5) is 4.39 Å². The number of nitrogens with zero attached hydrogens (tertiary/aromatic N) is 1. The molecule has 0 bridgehead atoms. The van der Waals surface area contributed by atoms with Crippen LogP contribution in [0.5, 0.6) is 0 Å². The van der Waals surface area contributed by atoms with Gasteiger partial charge in [0, 0.05) is 6.54 Å². The number of carbonyl (C=O) groups excluding carboxylic acids is 1. The predicted octanol–water partition coefficient (Wildman–Crippen LogP) is 0.935. The van der Waals surface area contributed by atoms with E-state index in [1.54, 1.807) is 0 Å². The highest BCUT2D eigenvalue weighted by Crippen LogP contribution is 2.00. The van der Waals surface area contributed by atoms with Gasteiger partial charge in [-0.25, -0.2) is 9.37 Å². The Kier molecular flexibility index (Phi) is 4.85. The van der Waals surface area contributed by atoms with Crippen molar-refractivity contribution in [3.05, 3.63) is 29.8 Å². The van der Waals surface area contributed by atoms with Crippen LogP contribution >= 0.6 is 0 Å². The van der Waals surface area contributed by atoms with Gasteiger partial charge in [-0.15, -0.1) is 0 Å². The van der Waals surface area contributed by atoms with Gasteiger partial charge in [-0.2, -0.15) is 0 Å². The van der Waals surface area contributed by atoms with Gasteiger partial charge in [0.25, 0.3) is 5.91 Å². The first-order chi connectivity index (χ1) is 7.63. The number of pyridine rings is 1. The van der Waals surface area contributed by atoms with Gasteiger partial charge in [0.05, 0.1) is 6.20 Å². The van der Waals surface area contributed by atoms with Gasteiger partial charge in [0.1, 0.15) is 11.5 Å². The van der Waals surface area contributed by atoms with Crippen molar-refractivity contribution < 1.29 is 9.18 Å². The van der Waals surface area contributed by atoms with Crippen LogP contribution in [0.1, 0.15) is 23.8 Å². The van der Waals surface area contributed by atoms with Crippen LogP contribution in [0, 0.1) is 11.7 Å². The SMILES string of the molecule is CC(CCN)CNC(=O)c1ccc(F)cn1. The number of carbonyl (C=O) groups is 1. The Labute approximate surface area is 94.1 Å². The number of halogens is 1. The van der Waals surface area contributed by atoms with Crippen molar-refractivity contribution in [2.45, 2.75) is 13.3 Å². The van der Waals surface area contributed by atoms with Crippen molar-refractivity contribution >= 4 is 5.91 Å². The normalized spacial score (nSPS) is 12.2. The van der Waals surface area contributed by atoms with E-state index in [1.165, 1.54) is 12.1 Å². The van der Waals surface area contributed by atoms with E-state index in [0.29, 0.717) is 19.0 Å². The summed E-state index contributed by atoms with van der Waals surface area (Å²) >= 11 is 0. The number of hydrogen-bond acceptors (Lipinski definition) is 3. The first-order valence-electron chi connectivity index (χ1n) is 5.23. The monoisotopic (exact) mass is 225 g/mol. The molecule has 1 rings (SSSR count). The number of nitrogens with two attached hydrogens (primary N) is 1. The zero-order valence-electron chi connectivity index (χ0n) is 9.24. The van der Waals surface area contributed by atoms with Gasteiger partial charge in [-0.3, -0.25) is 4.79 Å². The van der Waals surface area contributed by atoms with Gasteiger partial charge < -0.3 is 11.1 Å². The molecule has 0 aliphatic carbocycles. The lowest BCUT2D eigenvalue weighted by Crippen LogP contribution is -2.29. The van der Waals surface area contributed by atoms with Gasteiger partial charge in [0.2, 0.25) is 0 Å². The van der Waals surface area contributed by atoms with Crippen LogP contribution in [0.25, 0.3) is 0 Å². The number of rotatable bonds is 5. The minimum Gasteiger partial charge on any atom is -0.350 e. The van der Waals surface area contributed by atoms with Crippen LogP contribution in [-0.4, -0.2) is 24.0 Å². The Morgan fingerprint density at radius 2 is 2.38 bits per heavy atom. The third kappa shape index (κ3) is 3.94. The maximum absolute atomic E-state index is 12.6. The summed E-state index contributed by atoms with van der Waals surface area (Å²) in [6.45, 7) is 3.16. The van der Waals surface area contributed by atoms with E-state index >= 15 is 0 Å². The molecule has 0 aliphatic heterocycles. The van der Waals surface area contributed by atoms with E-state index in [2.05, 4.69) is 10.3 Å². The summed E-state index contributed by atoms with van der Waals surface area (Å²) in [6, 6.07) is 2.57. The molecule has 1 heterocycles. The fraction of sp³-hybridized carbons (Fsp3) is 0.455. The quantitative estimate of drug-likeness (QED) is 0.783. The second-order valence-corrected chi connectivity index (χ2v) is 3.75. The van der Waals surface area contributed by atoms with E-state index in [9.17, 15) is 9.18 Å². The van der Waals surface area contributed by atoms with E-state index in [-0.39, 0.29) is 11.6 Å². The lowest BCUT2D eigenvalue weighted by molar-refractivity contribution is 0.0942. The number of hydrogen-bond donors (Lipinski definition) is 2. The molecule has 1 aromatic rings. The topological polar surface area (TPSA) is 68.0 Å². The summed E-state index contributed by atoms with van der Waals surface area (Å²) in [5.74, 6) is -0.411. The Hall–Kier alpha value is -1.49. The largest absolute Gasteiger partial charge is 0.350 e. The summed E-state index contributed by atoms with van der Waals surface area (Å²) in [5, 5.41) is 2.72. The molecule has 88 valence electrons. The van der Waals surface area contributed by atoms with Crippen LogP contribution in [0.3, 0.4) is 0 Å². The minimum absolute atomic E-state index is 0.223. The van der Waals surface area contributed by atoms with Gasteiger partial charge in [-0.1, -0.05) is 6.92 Å². The molecule has 16 heavy (non-hydrogen) atoms. The molecule has 1 atom stereocenters. The molecule has 5 heteroatoms. The zero-order chi connectivity index (χ0) is 12.0. The van der Waals surface area contributed by atoms with Crippen molar-refractivity contribution in [1.29, 1.82) is 0 Å². The lowest BCUT2D eigenvalue weighted by Gasteiger charge is -2.10. The summed E-state index contributed by atoms with van der Waals surface area (Å²) in [6.07, 6.45) is 1.88. The average Bonchev–Trinajstić information content (AvgIpc) is 2.27. The van der Waals surface area contributed by atoms with E-state index in [4.69, 9.17) is 5.73 Å². The first kappa shape index (κ1) is 12.6. The minimum atomic E-state index is -0.451. The smallest absolute Gasteiger partial charge is 0.269 e. The van der Waals surface area contributed by atoms with Crippen LogP contribution in [-0.2, 0) is 0 Å². The summed E-state index contributed by atoms with van der Waals surface area (Å²) < 4.78 is 12.6. The van der Waals surface area contributed by atoms with Crippen LogP contribution in [0.2, 0.25) is 0 Å². The van der Waals surface area contributed by atoms with Crippen molar-refractivity contribution in [3.8, 4) is 0 Å². The molecule has 0 spiro atoms. The molecule has 1 unspecified atom stereocenters. The molecule has 0 saturated heterocycles. The van der Waals surface area contributed by atoms with Crippen molar-refractivity contribution in [1.82, 2.24) is 10.3 Å². The Bertz CT molecular complexity index is 340. The molecule has 0 aromatic carbocycles. The van der Waals surface area contributed by atoms with Crippen molar-refractivity contribution in [2.24, 2.45) is 11.7 Å². The number of aromatic nitrogens is 1. The molecular weight excluding hydrogens is 209 g/mol. The van der Waals surface area contributed by atoms with Gasteiger partial charge in [0.15, 0.2) is 0 Å². The Morgan fingerprint density at radius 3 is 2.94 bits per heavy atom. The van der Waals surface area contributed by atoms with Gasteiger partial charge >= 0.3 is 0 Å². The van der Waals surface area contributed by atoms with Crippen LogP contribution in [0.15, 0.2) is 18.3 Å². The molecule has 0 fully saturated rings. The fourth-order valence-electron chi connectivity index (χ4n) is 1.25. The number of amides is 1. The maximum Gasteiger partial charge on any atom is 0.269 e. The van der Waals surface area contributed by atoms with Crippen molar-refractivity contribution in [2.75, 3.05) is 13.1 Å². The molecule has 4 nitrogen and oxygen atoms in total. The maximum atomic E-state index is 12.6. The third-order valence-corrected chi connectivity index (χ3v) is 2.23. The summed E-state index contributed by atoms with van der Waals surface area (Å²) in [5.41, 5.74) is 5.62. The second kappa shape index (κ2) is 6.17. The standard InChI is InChI=1S/C11H16FN3O/c1-8(4-5-13)6-15-11(16)10-3-2-9(12)7-14-10/h2-3,7-8H,4-6,13H2,1H3,(H,15,16). The molecule has 0 saturated carbocycles. The average molecular weight is 225 g/mol. The van der Waals surface area contributed by atoms with Gasteiger partial charge in [-0.05, 0) is 31.0 Å². The molecule has 0 aliphatic rings. The summed E-state index contributed by atoms with van der Waals surface area (Å²) in [4.78, 5) is 15.2. The second-order valence-electron chi connectivity index (χ2n) is 3.75. The Balaban J connectivity index is 2.43. The molecular formula is C11H16FN3O. The molecule has 1 amide bonds. The highest BCUT2D eigenvalue weighted by atomic mass is 19.1. The molecule has 3 N–H and O–H groups in total.